The zero-order chi connectivity index (χ0) is 17.9. The Balaban J connectivity index is 1.61. The third-order valence-corrected chi connectivity index (χ3v) is 4.60. The highest BCUT2D eigenvalue weighted by Crippen LogP contribution is 2.20. The summed E-state index contributed by atoms with van der Waals surface area (Å²) >= 11 is 1.50. The van der Waals surface area contributed by atoms with Crippen LogP contribution < -0.4 is 14.8 Å². The molecule has 2 aromatic carbocycles. The van der Waals surface area contributed by atoms with Crippen LogP contribution in [0.2, 0.25) is 0 Å². The molecule has 0 spiro atoms. The molecule has 1 N–H and O–H groups in total. The molecule has 0 fully saturated rings. The summed E-state index contributed by atoms with van der Waals surface area (Å²) < 4.78 is 10.8. The largest absolute Gasteiger partial charge is 0.497 e. The summed E-state index contributed by atoms with van der Waals surface area (Å²) in [5, 5.41) is 2.87. The molecule has 25 heavy (non-hydrogen) atoms. The molecule has 0 radical (unpaired) electrons. The van der Waals surface area contributed by atoms with E-state index < -0.39 is 0 Å². The Morgan fingerprint density at radius 1 is 1.04 bits per heavy atom. The number of thioether (sulfide) groups is 1. The first kappa shape index (κ1) is 19.2. The lowest BCUT2D eigenvalue weighted by molar-refractivity contribution is -0.118. The third kappa shape index (κ3) is 7.10. The maximum absolute atomic E-state index is 11.9. The van der Waals surface area contributed by atoms with Gasteiger partial charge in [0.25, 0.3) is 0 Å². The minimum atomic E-state index is 0.00251. The van der Waals surface area contributed by atoms with Gasteiger partial charge in [0.1, 0.15) is 18.1 Å². The predicted octanol–water partition coefficient (Wildman–Crippen LogP) is 3.94. The number of rotatable bonds is 10. The van der Waals surface area contributed by atoms with Crippen LogP contribution in [0.25, 0.3) is 0 Å². The van der Waals surface area contributed by atoms with Crippen molar-refractivity contribution in [3.63, 3.8) is 0 Å². The topological polar surface area (TPSA) is 47.6 Å². The number of carbonyl (C=O) groups is 1. The highest BCUT2D eigenvalue weighted by atomic mass is 32.2. The standard InChI is InChI=1S/C20H25NO3S/c1-3-4-16-5-7-18(8-6-16)24-14-13-21-20(22)15-25-19-11-9-17(23-2)10-12-19/h5-12H,3-4,13-15H2,1-2H3,(H,21,22). The van der Waals surface area contributed by atoms with Crippen molar-refractivity contribution in [2.45, 2.75) is 24.7 Å². The molecule has 0 aromatic heterocycles. The number of methoxy groups -OCH3 is 1. The molecule has 4 nitrogen and oxygen atoms in total. The molecule has 0 saturated carbocycles. The number of hydrogen-bond acceptors (Lipinski definition) is 4. The van der Waals surface area contributed by atoms with E-state index in [1.807, 2.05) is 36.4 Å². The quantitative estimate of drug-likeness (QED) is 0.516. The summed E-state index contributed by atoms with van der Waals surface area (Å²) in [4.78, 5) is 12.9. The fourth-order valence-electron chi connectivity index (χ4n) is 2.27. The molecule has 134 valence electrons. The van der Waals surface area contributed by atoms with Crippen LogP contribution in [0.4, 0.5) is 0 Å². The summed E-state index contributed by atoms with van der Waals surface area (Å²) in [5.74, 6) is 2.04. The number of amides is 1. The number of nitrogens with one attached hydrogen (secondary N) is 1. The van der Waals surface area contributed by atoms with Gasteiger partial charge < -0.3 is 14.8 Å². The van der Waals surface area contributed by atoms with Crippen molar-refractivity contribution in [1.29, 1.82) is 0 Å². The number of hydrogen-bond donors (Lipinski definition) is 1. The molecule has 1 amide bonds. The van der Waals surface area contributed by atoms with Crippen LogP contribution in [0.15, 0.2) is 53.4 Å². The molecule has 0 heterocycles. The molecule has 0 unspecified atom stereocenters. The van der Waals surface area contributed by atoms with E-state index in [0.717, 1.165) is 29.2 Å². The Morgan fingerprint density at radius 3 is 2.36 bits per heavy atom. The van der Waals surface area contributed by atoms with Crippen LogP contribution in [-0.4, -0.2) is 31.9 Å². The first-order valence-corrected chi connectivity index (χ1v) is 9.45. The van der Waals surface area contributed by atoms with Crippen LogP contribution in [0.5, 0.6) is 11.5 Å². The van der Waals surface area contributed by atoms with Crippen molar-refractivity contribution < 1.29 is 14.3 Å². The van der Waals surface area contributed by atoms with E-state index in [0.29, 0.717) is 18.9 Å². The monoisotopic (exact) mass is 359 g/mol. The summed E-state index contributed by atoms with van der Waals surface area (Å²) in [6, 6.07) is 15.8. The SMILES string of the molecule is CCCc1ccc(OCCNC(=O)CSc2ccc(OC)cc2)cc1. The second kappa shape index (κ2) is 10.7. The van der Waals surface area contributed by atoms with Crippen molar-refractivity contribution in [3.05, 3.63) is 54.1 Å². The van der Waals surface area contributed by atoms with Crippen LogP contribution in [0.1, 0.15) is 18.9 Å². The maximum atomic E-state index is 11.9. The van der Waals surface area contributed by atoms with Crippen molar-refractivity contribution in [2.75, 3.05) is 26.0 Å². The van der Waals surface area contributed by atoms with Crippen LogP contribution in [0, 0.1) is 0 Å². The summed E-state index contributed by atoms with van der Waals surface area (Å²) in [6.45, 7) is 3.13. The average Bonchev–Trinajstić information content (AvgIpc) is 2.65. The Bertz CT molecular complexity index is 641. The predicted molar refractivity (Wildman–Crippen MR) is 103 cm³/mol. The van der Waals surface area contributed by atoms with Gasteiger partial charge in [0, 0.05) is 4.90 Å². The van der Waals surface area contributed by atoms with Gasteiger partial charge in [0.05, 0.1) is 19.4 Å². The summed E-state index contributed by atoms with van der Waals surface area (Å²) in [5.41, 5.74) is 1.32. The van der Waals surface area contributed by atoms with Gasteiger partial charge in [-0.15, -0.1) is 11.8 Å². The van der Waals surface area contributed by atoms with E-state index in [1.165, 1.54) is 17.3 Å². The number of benzene rings is 2. The van der Waals surface area contributed by atoms with Crippen LogP contribution in [-0.2, 0) is 11.2 Å². The summed E-state index contributed by atoms with van der Waals surface area (Å²) in [7, 11) is 1.64. The maximum Gasteiger partial charge on any atom is 0.230 e. The average molecular weight is 359 g/mol. The highest BCUT2D eigenvalue weighted by molar-refractivity contribution is 8.00. The van der Waals surface area contributed by atoms with Crippen LogP contribution in [0.3, 0.4) is 0 Å². The zero-order valence-electron chi connectivity index (χ0n) is 14.8. The summed E-state index contributed by atoms with van der Waals surface area (Å²) in [6.07, 6.45) is 2.23. The van der Waals surface area contributed by atoms with E-state index in [2.05, 4.69) is 24.4 Å². The van der Waals surface area contributed by atoms with Gasteiger partial charge in [-0.25, -0.2) is 0 Å². The minimum Gasteiger partial charge on any atom is -0.497 e. The molecule has 0 aliphatic carbocycles. The zero-order valence-corrected chi connectivity index (χ0v) is 15.6. The van der Waals surface area contributed by atoms with Gasteiger partial charge in [0.2, 0.25) is 5.91 Å². The highest BCUT2D eigenvalue weighted by Gasteiger charge is 2.03. The van der Waals surface area contributed by atoms with Gasteiger partial charge in [-0.2, -0.15) is 0 Å². The molecular weight excluding hydrogens is 334 g/mol. The molecule has 5 heteroatoms. The second-order valence-corrected chi connectivity index (χ2v) is 6.61. The Labute approximate surface area is 153 Å². The smallest absolute Gasteiger partial charge is 0.230 e. The van der Waals surface area contributed by atoms with E-state index in [9.17, 15) is 4.79 Å². The van der Waals surface area contributed by atoms with Crippen LogP contribution >= 0.6 is 11.8 Å². The first-order valence-electron chi connectivity index (χ1n) is 8.46. The molecule has 0 aliphatic rings. The number of carbonyl (C=O) groups excluding carboxylic acids is 1. The van der Waals surface area contributed by atoms with Gasteiger partial charge in [0.15, 0.2) is 0 Å². The van der Waals surface area contributed by atoms with E-state index in [-0.39, 0.29) is 5.91 Å². The van der Waals surface area contributed by atoms with Crippen molar-refractivity contribution in [3.8, 4) is 11.5 Å². The van der Waals surface area contributed by atoms with E-state index >= 15 is 0 Å². The van der Waals surface area contributed by atoms with Crippen molar-refractivity contribution in [1.82, 2.24) is 5.32 Å². The Kier molecular flexibility index (Phi) is 8.19. The number of aryl methyl sites for hydroxylation is 1. The normalized spacial score (nSPS) is 10.3. The molecule has 0 aliphatic heterocycles. The number of ether oxygens (including phenoxy) is 2. The lowest BCUT2D eigenvalue weighted by Gasteiger charge is -2.08. The van der Waals surface area contributed by atoms with Crippen molar-refractivity contribution >= 4 is 17.7 Å². The van der Waals surface area contributed by atoms with E-state index in [1.54, 1.807) is 7.11 Å². The molecule has 0 saturated heterocycles. The molecule has 0 atom stereocenters. The van der Waals surface area contributed by atoms with E-state index in [4.69, 9.17) is 9.47 Å². The Morgan fingerprint density at radius 2 is 1.72 bits per heavy atom. The van der Waals surface area contributed by atoms with Gasteiger partial charge in [-0.3, -0.25) is 4.79 Å². The van der Waals surface area contributed by atoms with Gasteiger partial charge in [-0.05, 0) is 48.4 Å². The Hall–Kier alpha value is -2.14. The lowest BCUT2D eigenvalue weighted by Crippen LogP contribution is -2.29. The molecular formula is C20H25NO3S. The molecule has 2 aromatic rings. The lowest BCUT2D eigenvalue weighted by atomic mass is 10.1. The second-order valence-electron chi connectivity index (χ2n) is 5.56. The fraction of sp³-hybridized carbons (Fsp3) is 0.350. The van der Waals surface area contributed by atoms with Crippen molar-refractivity contribution in [2.24, 2.45) is 0 Å². The fourth-order valence-corrected chi connectivity index (χ4v) is 3.00. The third-order valence-electron chi connectivity index (χ3n) is 3.58. The first-order chi connectivity index (χ1) is 12.2. The van der Waals surface area contributed by atoms with Gasteiger partial charge >= 0.3 is 0 Å². The molecule has 2 rings (SSSR count). The molecule has 0 bridgehead atoms. The van der Waals surface area contributed by atoms with Gasteiger partial charge in [-0.1, -0.05) is 25.5 Å². The minimum absolute atomic E-state index is 0.00251.